The molecule has 100 valence electrons. The second-order valence-corrected chi connectivity index (χ2v) is 5.45. The molecule has 0 radical (unpaired) electrons. The van der Waals surface area contributed by atoms with E-state index in [1.54, 1.807) is 0 Å². The predicted molar refractivity (Wildman–Crippen MR) is 74.6 cm³/mol. The van der Waals surface area contributed by atoms with Crippen molar-refractivity contribution in [2.75, 3.05) is 18.5 Å². The highest BCUT2D eigenvalue weighted by Gasteiger charge is 2.20. The normalized spacial score (nSPS) is 16.2. The van der Waals surface area contributed by atoms with Gasteiger partial charge < -0.3 is 10.6 Å². The van der Waals surface area contributed by atoms with Gasteiger partial charge in [0.1, 0.15) is 0 Å². The zero-order chi connectivity index (χ0) is 13.1. The SMILES string of the molecule is Cc1nnc(N(C)CC2CCCC2)c(CN)c1C. The van der Waals surface area contributed by atoms with Crippen LogP contribution in [0.25, 0.3) is 0 Å². The first kappa shape index (κ1) is 13.3. The first-order chi connectivity index (χ1) is 8.63. The largest absolute Gasteiger partial charge is 0.358 e. The van der Waals surface area contributed by atoms with Crippen molar-refractivity contribution in [1.82, 2.24) is 10.2 Å². The summed E-state index contributed by atoms with van der Waals surface area (Å²) in [6.45, 7) is 5.68. The molecule has 4 heteroatoms. The van der Waals surface area contributed by atoms with Crippen LogP contribution in [-0.2, 0) is 6.54 Å². The molecule has 1 aliphatic carbocycles. The number of rotatable bonds is 4. The third-order valence-corrected chi connectivity index (χ3v) is 4.13. The second kappa shape index (κ2) is 5.65. The Morgan fingerprint density at radius 3 is 2.50 bits per heavy atom. The van der Waals surface area contributed by atoms with E-state index in [9.17, 15) is 0 Å². The van der Waals surface area contributed by atoms with Crippen LogP contribution in [-0.4, -0.2) is 23.8 Å². The Bertz CT molecular complexity index is 411. The highest BCUT2D eigenvalue weighted by Crippen LogP contribution is 2.28. The van der Waals surface area contributed by atoms with E-state index in [1.807, 2.05) is 6.92 Å². The summed E-state index contributed by atoms with van der Waals surface area (Å²) in [7, 11) is 2.11. The molecule has 1 saturated carbocycles. The van der Waals surface area contributed by atoms with Crippen molar-refractivity contribution in [2.24, 2.45) is 11.7 Å². The topological polar surface area (TPSA) is 55.0 Å². The van der Waals surface area contributed by atoms with Gasteiger partial charge in [0, 0.05) is 25.7 Å². The Morgan fingerprint density at radius 1 is 1.22 bits per heavy atom. The van der Waals surface area contributed by atoms with Gasteiger partial charge in [-0.2, -0.15) is 5.10 Å². The van der Waals surface area contributed by atoms with Crippen molar-refractivity contribution in [3.8, 4) is 0 Å². The molecule has 0 saturated heterocycles. The van der Waals surface area contributed by atoms with E-state index in [1.165, 1.54) is 31.2 Å². The van der Waals surface area contributed by atoms with E-state index >= 15 is 0 Å². The Hall–Kier alpha value is -1.16. The molecule has 0 bridgehead atoms. The van der Waals surface area contributed by atoms with Crippen LogP contribution in [0.15, 0.2) is 0 Å². The summed E-state index contributed by atoms with van der Waals surface area (Å²) in [5.41, 5.74) is 9.17. The minimum Gasteiger partial charge on any atom is -0.358 e. The fourth-order valence-corrected chi connectivity index (χ4v) is 2.86. The molecule has 0 atom stereocenters. The minimum absolute atomic E-state index is 0.534. The summed E-state index contributed by atoms with van der Waals surface area (Å²) in [5, 5.41) is 8.58. The molecule has 1 aromatic rings. The lowest BCUT2D eigenvalue weighted by Crippen LogP contribution is -2.27. The average Bonchev–Trinajstić information content (AvgIpc) is 2.85. The maximum Gasteiger partial charge on any atom is 0.155 e. The highest BCUT2D eigenvalue weighted by atomic mass is 15.2. The first-order valence-electron chi connectivity index (χ1n) is 6.87. The molecule has 0 unspecified atom stereocenters. The number of nitrogens with two attached hydrogens (primary N) is 1. The Balaban J connectivity index is 2.18. The third-order valence-electron chi connectivity index (χ3n) is 4.13. The van der Waals surface area contributed by atoms with E-state index < -0.39 is 0 Å². The fourth-order valence-electron chi connectivity index (χ4n) is 2.86. The Labute approximate surface area is 110 Å². The first-order valence-corrected chi connectivity index (χ1v) is 6.87. The second-order valence-electron chi connectivity index (χ2n) is 5.45. The third kappa shape index (κ3) is 2.64. The Morgan fingerprint density at radius 2 is 1.89 bits per heavy atom. The van der Waals surface area contributed by atoms with Crippen LogP contribution in [0.4, 0.5) is 5.82 Å². The number of anilines is 1. The molecule has 2 rings (SSSR count). The molecular formula is C14H24N4. The molecule has 4 nitrogen and oxygen atoms in total. The van der Waals surface area contributed by atoms with Crippen LogP contribution in [0.1, 0.15) is 42.5 Å². The quantitative estimate of drug-likeness (QED) is 0.887. The van der Waals surface area contributed by atoms with Crippen LogP contribution >= 0.6 is 0 Å². The van der Waals surface area contributed by atoms with Crippen molar-refractivity contribution < 1.29 is 0 Å². The smallest absolute Gasteiger partial charge is 0.155 e. The lowest BCUT2D eigenvalue weighted by molar-refractivity contribution is 0.543. The summed E-state index contributed by atoms with van der Waals surface area (Å²) >= 11 is 0. The summed E-state index contributed by atoms with van der Waals surface area (Å²) < 4.78 is 0. The zero-order valence-corrected chi connectivity index (χ0v) is 11.7. The van der Waals surface area contributed by atoms with E-state index in [4.69, 9.17) is 5.73 Å². The maximum atomic E-state index is 5.87. The van der Waals surface area contributed by atoms with E-state index in [0.29, 0.717) is 6.54 Å². The van der Waals surface area contributed by atoms with Gasteiger partial charge in [-0.3, -0.25) is 0 Å². The summed E-state index contributed by atoms with van der Waals surface area (Å²) in [5.74, 6) is 1.77. The molecule has 1 aliphatic rings. The molecule has 1 heterocycles. The van der Waals surface area contributed by atoms with Crippen LogP contribution in [0.3, 0.4) is 0 Å². The standard InChI is InChI=1S/C14H24N4/c1-10-11(2)16-17-14(13(10)8-15)18(3)9-12-6-4-5-7-12/h12H,4-9,15H2,1-3H3. The lowest BCUT2D eigenvalue weighted by atomic mass is 10.1. The van der Waals surface area contributed by atoms with Crippen molar-refractivity contribution in [3.05, 3.63) is 16.8 Å². The van der Waals surface area contributed by atoms with E-state index in [-0.39, 0.29) is 0 Å². The van der Waals surface area contributed by atoms with Gasteiger partial charge in [-0.15, -0.1) is 5.10 Å². The molecular weight excluding hydrogens is 224 g/mol. The number of hydrogen-bond donors (Lipinski definition) is 1. The highest BCUT2D eigenvalue weighted by molar-refractivity contribution is 5.50. The molecule has 2 N–H and O–H groups in total. The number of aryl methyl sites for hydroxylation is 1. The van der Waals surface area contributed by atoms with Crippen molar-refractivity contribution >= 4 is 5.82 Å². The van der Waals surface area contributed by atoms with Gasteiger partial charge >= 0.3 is 0 Å². The van der Waals surface area contributed by atoms with Crippen LogP contribution in [0.2, 0.25) is 0 Å². The molecule has 0 aromatic carbocycles. The zero-order valence-electron chi connectivity index (χ0n) is 11.7. The molecule has 0 aliphatic heterocycles. The number of aromatic nitrogens is 2. The average molecular weight is 248 g/mol. The lowest BCUT2D eigenvalue weighted by Gasteiger charge is -2.24. The predicted octanol–water partition coefficient (Wildman–Crippen LogP) is 2.18. The van der Waals surface area contributed by atoms with Crippen LogP contribution in [0.5, 0.6) is 0 Å². The van der Waals surface area contributed by atoms with Crippen molar-refractivity contribution in [1.29, 1.82) is 0 Å². The van der Waals surface area contributed by atoms with Gasteiger partial charge in [0.05, 0.1) is 5.69 Å². The van der Waals surface area contributed by atoms with Gasteiger partial charge in [0.25, 0.3) is 0 Å². The van der Waals surface area contributed by atoms with E-state index in [2.05, 4.69) is 29.1 Å². The van der Waals surface area contributed by atoms with Crippen LogP contribution < -0.4 is 10.6 Å². The van der Waals surface area contributed by atoms with Gasteiger partial charge in [-0.05, 0) is 38.2 Å². The van der Waals surface area contributed by atoms with E-state index in [0.717, 1.165) is 29.5 Å². The van der Waals surface area contributed by atoms with Gasteiger partial charge in [-0.25, -0.2) is 0 Å². The monoisotopic (exact) mass is 248 g/mol. The maximum absolute atomic E-state index is 5.87. The van der Waals surface area contributed by atoms with Crippen molar-refractivity contribution in [2.45, 2.75) is 46.1 Å². The van der Waals surface area contributed by atoms with Crippen molar-refractivity contribution in [3.63, 3.8) is 0 Å². The summed E-state index contributed by atoms with van der Waals surface area (Å²) in [6.07, 6.45) is 5.45. The number of nitrogens with zero attached hydrogens (tertiary/aromatic N) is 3. The van der Waals surface area contributed by atoms with Gasteiger partial charge in [-0.1, -0.05) is 12.8 Å². The molecule has 0 amide bonds. The van der Waals surface area contributed by atoms with Crippen LogP contribution in [0, 0.1) is 19.8 Å². The molecule has 0 spiro atoms. The molecule has 1 aromatic heterocycles. The van der Waals surface area contributed by atoms with Gasteiger partial charge in [0.2, 0.25) is 0 Å². The summed E-state index contributed by atoms with van der Waals surface area (Å²) in [4.78, 5) is 2.23. The minimum atomic E-state index is 0.534. The van der Waals surface area contributed by atoms with Gasteiger partial charge in [0.15, 0.2) is 5.82 Å². The molecule has 1 fully saturated rings. The number of hydrogen-bond acceptors (Lipinski definition) is 4. The Kier molecular flexibility index (Phi) is 4.17. The molecule has 18 heavy (non-hydrogen) atoms. The summed E-state index contributed by atoms with van der Waals surface area (Å²) in [6, 6.07) is 0. The fraction of sp³-hybridized carbons (Fsp3) is 0.714.